The number of sulfonamides is 1. The Kier molecular flexibility index (Phi) is 5.48. The van der Waals surface area contributed by atoms with Crippen molar-refractivity contribution >= 4 is 10.0 Å². The molecule has 25 heavy (non-hydrogen) atoms. The monoisotopic (exact) mass is 363 g/mol. The van der Waals surface area contributed by atoms with Crippen molar-refractivity contribution in [3.8, 4) is 11.4 Å². The first-order valence-corrected chi connectivity index (χ1v) is 10.6. The van der Waals surface area contributed by atoms with E-state index in [1.807, 2.05) is 16.8 Å². The zero-order chi connectivity index (χ0) is 17.9. The first-order chi connectivity index (χ1) is 12.0. The van der Waals surface area contributed by atoms with Crippen molar-refractivity contribution in [2.75, 3.05) is 19.3 Å². The highest BCUT2D eigenvalue weighted by Gasteiger charge is 2.26. The van der Waals surface area contributed by atoms with Crippen LogP contribution in [0.5, 0.6) is 0 Å². The van der Waals surface area contributed by atoms with Crippen LogP contribution in [0.4, 0.5) is 0 Å². The zero-order valence-electron chi connectivity index (χ0n) is 14.8. The summed E-state index contributed by atoms with van der Waals surface area (Å²) >= 11 is 0. The Morgan fingerprint density at radius 2 is 2.16 bits per heavy atom. The quantitative estimate of drug-likeness (QED) is 0.784. The molecular formula is C17H25N5O2S. The van der Waals surface area contributed by atoms with E-state index in [4.69, 9.17) is 0 Å². The largest absolute Gasteiger partial charge is 0.263 e. The molecule has 8 heteroatoms. The molecule has 0 saturated carbocycles. The molecule has 0 radical (unpaired) electrons. The van der Waals surface area contributed by atoms with Crippen molar-refractivity contribution in [1.29, 1.82) is 0 Å². The second kappa shape index (κ2) is 7.61. The molecule has 3 heterocycles. The molecule has 0 amide bonds. The molecule has 1 saturated heterocycles. The number of hydrogen-bond acceptors (Lipinski definition) is 5. The highest BCUT2D eigenvalue weighted by Crippen LogP contribution is 2.23. The fourth-order valence-electron chi connectivity index (χ4n) is 3.38. The van der Waals surface area contributed by atoms with E-state index < -0.39 is 10.0 Å². The Balaban J connectivity index is 1.75. The lowest BCUT2D eigenvalue weighted by molar-refractivity contribution is 0.265. The number of aryl methyl sites for hydroxylation is 1. The highest BCUT2D eigenvalue weighted by atomic mass is 32.2. The SMILES string of the molecule is CCCn1nccc1-c1cc(CC2CCCN(S(C)(=O)=O)C2)ncn1. The summed E-state index contributed by atoms with van der Waals surface area (Å²) < 4.78 is 27.1. The highest BCUT2D eigenvalue weighted by molar-refractivity contribution is 7.88. The van der Waals surface area contributed by atoms with Gasteiger partial charge in [-0.15, -0.1) is 0 Å². The van der Waals surface area contributed by atoms with Crippen molar-refractivity contribution in [2.24, 2.45) is 5.92 Å². The molecular weight excluding hydrogens is 338 g/mol. The summed E-state index contributed by atoms with van der Waals surface area (Å²) in [5.41, 5.74) is 2.81. The van der Waals surface area contributed by atoms with E-state index in [-0.39, 0.29) is 0 Å². The lowest BCUT2D eigenvalue weighted by Gasteiger charge is -2.30. The molecule has 0 bridgehead atoms. The predicted octanol–water partition coefficient (Wildman–Crippen LogP) is 1.96. The molecule has 1 fully saturated rings. The maximum absolute atomic E-state index is 11.8. The third-order valence-corrected chi connectivity index (χ3v) is 5.86. The summed E-state index contributed by atoms with van der Waals surface area (Å²) in [4.78, 5) is 8.79. The second-order valence-corrected chi connectivity index (χ2v) is 8.65. The van der Waals surface area contributed by atoms with E-state index in [1.165, 1.54) is 6.26 Å². The van der Waals surface area contributed by atoms with Gasteiger partial charge in [-0.05, 0) is 43.7 Å². The minimum Gasteiger partial charge on any atom is -0.263 e. The minimum atomic E-state index is -3.12. The van der Waals surface area contributed by atoms with E-state index in [1.54, 1.807) is 16.8 Å². The first-order valence-electron chi connectivity index (χ1n) is 8.75. The van der Waals surface area contributed by atoms with Crippen LogP contribution in [-0.2, 0) is 23.0 Å². The average molecular weight is 363 g/mol. The van der Waals surface area contributed by atoms with Crippen LogP contribution >= 0.6 is 0 Å². The number of hydrogen-bond donors (Lipinski definition) is 0. The molecule has 0 spiro atoms. The lowest BCUT2D eigenvalue weighted by atomic mass is 9.94. The third kappa shape index (κ3) is 4.43. The summed E-state index contributed by atoms with van der Waals surface area (Å²) in [5, 5.41) is 4.35. The van der Waals surface area contributed by atoms with Crippen molar-refractivity contribution in [1.82, 2.24) is 24.1 Å². The molecule has 1 aliphatic heterocycles. The van der Waals surface area contributed by atoms with Gasteiger partial charge in [-0.25, -0.2) is 22.7 Å². The molecule has 1 atom stereocenters. The van der Waals surface area contributed by atoms with Crippen molar-refractivity contribution < 1.29 is 8.42 Å². The van der Waals surface area contributed by atoms with Crippen LogP contribution in [0.3, 0.4) is 0 Å². The van der Waals surface area contributed by atoms with Crippen LogP contribution in [0.15, 0.2) is 24.7 Å². The summed E-state index contributed by atoms with van der Waals surface area (Å²) in [6, 6.07) is 3.97. The van der Waals surface area contributed by atoms with E-state index in [2.05, 4.69) is 22.0 Å². The van der Waals surface area contributed by atoms with Gasteiger partial charge in [0.2, 0.25) is 10.0 Å². The molecule has 0 N–H and O–H groups in total. The van der Waals surface area contributed by atoms with Gasteiger partial charge in [0.15, 0.2) is 0 Å². The normalized spacial score (nSPS) is 19.2. The maximum atomic E-state index is 11.8. The number of rotatable bonds is 6. The Hall–Kier alpha value is -1.80. The van der Waals surface area contributed by atoms with Gasteiger partial charge >= 0.3 is 0 Å². The number of nitrogens with zero attached hydrogens (tertiary/aromatic N) is 5. The topological polar surface area (TPSA) is 81.0 Å². The van der Waals surface area contributed by atoms with Crippen LogP contribution in [0.2, 0.25) is 0 Å². The number of aromatic nitrogens is 4. The first kappa shape index (κ1) is 18.0. The summed E-state index contributed by atoms with van der Waals surface area (Å²) in [6.07, 6.45) is 8.37. The molecule has 1 unspecified atom stereocenters. The van der Waals surface area contributed by atoms with Gasteiger partial charge in [-0.3, -0.25) is 4.68 Å². The average Bonchev–Trinajstić information content (AvgIpc) is 3.03. The standard InChI is InChI=1S/C17H25N5O2S/c1-3-8-22-17(6-7-20-22)16-11-15(18-13-19-16)10-14-5-4-9-21(12-14)25(2,23)24/h6-7,11,13-14H,3-5,8-10,12H2,1-2H3. The minimum absolute atomic E-state index is 0.298. The smallest absolute Gasteiger partial charge is 0.211 e. The van der Waals surface area contributed by atoms with E-state index in [9.17, 15) is 8.42 Å². The molecule has 7 nitrogen and oxygen atoms in total. The van der Waals surface area contributed by atoms with Gasteiger partial charge < -0.3 is 0 Å². The molecule has 3 rings (SSSR count). The Morgan fingerprint density at radius 3 is 2.92 bits per heavy atom. The van der Waals surface area contributed by atoms with Crippen LogP contribution < -0.4 is 0 Å². The van der Waals surface area contributed by atoms with Gasteiger partial charge in [-0.2, -0.15) is 5.10 Å². The Bertz CT molecular complexity index is 818. The van der Waals surface area contributed by atoms with E-state index in [0.29, 0.717) is 19.0 Å². The fraction of sp³-hybridized carbons (Fsp3) is 0.588. The summed E-state index contributed by atoms with van der Waals surface area (Å²) in [5.74, 6) is 0.298. The Morgan fingerprint density at radius 1 is 1.32 bits per heavy atom. The maximum Gasteiger partial charge on any atom is 0.211 e. The number of piperidine rings is 1. The van der Waals surface area contributed by atoms with E-state index in [0.717, 1.165) is 49.3 Å². The second-order valence-electron chi connectivity index (χ2n) is 6.67. The fourth-order valence-corrected chi connectivity index (χ4v) is 4.32. The van der Waals surface area contributed by atoms with Crippen LogP contribution in [0, 0.1) is 5.92 Å². The predicted molar refractivity (Wildman–Crippen MR) is 96.4 cm³/mol. The molecule has 2 aromatic heterocycles. The molecule has 1 aliphatic rings. The third-order valence-electron chi connectivity index (χ3n) is 4.59. The molecule has 0 aromatic carbocycles. The van der Waals surface area contributed by atoms with Crippen LogP contribution in [0.1, 0.15) is 31.9 Å². The summed E-state index contributed by atoms with van der Waals surface area (Å²) in [6.45, 7) is 4.17. The zero-order valence-corrected chi connectivity index (χ0v) is 15.6. The molecule has 0 aliphatic carbocycles. The Labute approximate surface area is 149 Å². The van der Waals surface area contributed by atoms with Gasteiger partial charge in [0.1, 0.15) is 6.33 Å². The molecule has 2 aromatic rings. The van der Waals surface area contributed by atoms with Gasteiger partial charge in [0.05, 0.1) is 17.6 Å². The van der Waals surface area contributed by atoms with E-state index >= 15 is 0 Å². The van der Waals surface area contributed by atoms with Gasteiger partial charge in [0.25, 0.3) is 0 Å². The van der Waals surface area contributed by atoms with Crippen molar-refractivity contribution in [3.63, 3.8) is 0 Å². The van der Waals surface area contributed by atoms with Crippen molar-refractivity contribution in [2.45, 2.75) is 39.2 Å². The van der Waals surface area contributed by atoms with Crippen molar-refractivity contribution in [3.05, 3.63) is 30.4 Å². The van der Waals surface area contributed by atoms with Crippen LogP contribution in [0.25, 0.3) is 11.4 Å². The van der Waals surface area contributed by atoms with Crippen LogP contribution in [-0.4, -0.2) is 51.8 Å². The lowest BCUT2D eigenvalue weighted by Crippen LogP contribution is -2.39. The summed E-state index contributed by atoms with van der Waals surface area (Å²) in [7, 11) is -3.12. The van der Waals surface area contributed by atoms with Gasteiger partial charge in [-0.1, -0.05) is 6.92 Å². The molecule has 136 valence electrons. The van der Waals surface area contributed by atoms with Gasteiger partial charge in [0, 0.05) is 31.5 Å².